The van der Waals surface area contributed by atoms with Crippen molar-refractivity contribution in [2.24, 2.45) is 0 Å². The van der Waals surface area contributed by atoms with Crippen molar-refractivity contribution in [3.05, 3.63) is 54.0 Å². The highest BCUT2D eigenvalue weighted by Gasteiger charge is 2.10. The van der Waals surface area contributed by atoms with E-state index in [1.807, 2.05) is 43.3 Å². The number of hydrogen-bond donors (Lipinski definition) is 1. The lowest BCUT2D eigenvalue weighted by Gasteiger charge is -2.17. The molecule has 17 heavy (non-hydrogen) atoms. The molecule has 1 aromatic heterocycles. The van der Waals surface area contributed by atoms with Crippen LogP contribution in [0.5, 0.6) is 0 Å². The van der Waals surface area contributed by atoms with Gasteiger partial charge in [0, 0.05) is 17.6 Å². The van der Waals surface area contributed by atoms with Crippen LogP contribution in [-0.4, -0.2) is 15.8 Å². The number of aromatic nitrogens is 2. The number of nitrogens with zero attached hydrogens (tertiary/aromatic N) is 2. The van der Waals surface area contributed by atoms with Gasteiger partial charge in [-0.1, -0.05) is 30.3 Å². The first kappa shape index (κ1) is 11.9. The summed E-state index contributed by atoms with van der Waals surface area (Å²) >= 11 is 5.99. The number of rotatable bonds is 4. The summed E-state index contributed by atoms with van der Waals surface area (Å²) in [5.74, 6) is 1.29. The third kappa shape index (κ3) is 3.17. The van der Waals surface area contributed by atoms with Crippen molar-refractivity contribution in [1.82, 2.24) is 9.97 Å². The highest BCUT2D eigenvalue weighted by Crippen LogP contribution is 2.19. The summed E-state index contributed by atoms with van der Waals surface area (Å²) in [6.45, 7) is 1.94. The Labute approximate surface area is 106 Å². The third-order valence-electron chi connectivity index (χ3n) is 2.48. The molecule has 0 aliphatic rings. The molecule has 0 aliphatic heterocycles. The van der Waals surface area contributed by atoms with Crippen molar-refractivity contribution in [2.75, 3.05) is 11.2 Å². The smallest absolute Gasteiger partial charge is 0.130 e. The van der Waals surface area contributed by atoms with Crippen LogP contribution in [0.4, 0.5) is 5.82 Å². The third-order valence-corrected chi connectivity index (χ3v) is 2.79. The number of nitrogens with one attached hydrogen (secondary N) is 1. The van der Waals surface area contributed by atoms with Gasteiger partial charge >= 0.3 is 0 Å². The topological polar surface area (TPSA) is 37.8 Å². The fourth-order valence-electron chi connectivity index (χ4n) is 1.61. The lowest BCUT2D eigenvalue weighted by molar-refractivity contribution is 0.878. The maximum atomic E-state index is 5.99. The maximum Gasteiger partial charge on any atom is 0.130 e. The molecule has 1 unspecified atom stereocenters. The SMILES string of the molecule is Cc1cc(NC(CCl)c2ccccc2)ncn1. The lowest BCUT2D eigenvalue weighted by atomic mass is 10.1. The zero-order valence-electron chi connectivity index (χ0n) is 9.60. The second-order valence-corrected chi connectivity index (χ2v) is 4.12. The van der Waals surface area contributed by atoms with Gasteiger partial charge in [-0.2, -0.15) is 0 Å². The van der Waals surface area contributed by atoms with Crippen molar-refractivity contribution in [2.45, 2.75) is 13.0 Å². The molecule has 0 saturated heterocycles. The molecular formula is C13H14ClN3. The summed E-state index contributed by atoms with van der Waals surface area (Å²) in [4.78, 5) is 8.23. The van der Waals surface area contributed by atoms with Crippen LogP contribution in [0, 0.1) is 6.92 Å². The van der Waals surface area contributed by atoms with Crippen LogP contribution in [-0.2, 0) is 0 Å². The Morgan fingerprint density at radius 2 is 2.00 bits per heavy atom. The highest BCUT2D eigenvalue weighted by molar-refractivity contribution is 6.18. The first-order valence-corrected chi connectivity index (χ1v) is 5.99. The summed E-state index contributed by atoms with van der Waals surface area (Å²) in [5.41, 5.74) is 2.09. The van der Waals surface area contributed by atoms with Crippen molar-refractivity contribution >= 4 is 17.4 Å². The summed E-state index contributed by atoms with van der Waals surface area (Å²) in [7, 11) is 0. The Morgan fingerprint density at radius 3 is 2.65 bits per heavy atom. The van der Waals surface area contributed by atoms with Gasteiger partial charge in [-0.15, -0.1) is 11.6 Å². The minimum Gasteiger partial charge on any atom is -0.362 e. The van der Waals surface area contributed by atoms with Gasteiger partial charge in [-0.3, -0.25) is 0 Å². The van der Waals surface area contributed by atoms with E-state index in [0.717, 1.165) is 17.1 Å². The quantitative estimate of drug-likeness (QED) is 0.844. The summed E-state index contributed by atoms with van der Waals surface area (Å²) in [6.07, 6.45) is 1.55. The molecule has 0 fully saturated rings. The molecule has 0 amide bonds. The zero-order valence-corrected chi connectivity index (χ0v) is 10.4. The van der Waals surface area contributed by atoms with Gasteiger partial charge < -0.3 is 5.32 Å². The van der Waals surface area contributed by atoms with Crippen LogP contribution in [0.25, 0.3) is 0 Å². The minimum absolute atomic E-state index is 0.0622. The summed E-state index contributed by atoms with van der Waals surface area (Å²) in [5, 5.41) is 3.30. The minimum atomic E-state index is 0.0622. The number of anilines is 1. The Balaban J connectivity index is 2.16. The Bertz CT molecular complexity index is 473. The standard InChI is InChI=1S/C13H14ClN3/c1-10-7-13(16-9-15-10)17-12(8-14)11-5-3-2-4-6-11/h2-7,9,12H,8H2,1H3,(H,15,16,17). The molecule has 3 nitrogen and oxygen atoms in total. The second-order valence-electron chi connectivity index (χ2n) is 3.81. The average molecular weight is 248 g/mol. The fraction of sp³-hybridized carbons (Fsp3) is 0.231. The molecule has 0 saturated carbocycles. The molecule has 1 atom stereocenters. The summed E-state index contributed by atoms with van der Waals surface area (Å²) in [6, 6.07) is 12.1. The molecule has 0 radical (unpaired) electrons. The van der Waals surface area contributed by atoms with Crippen molar-refractivity contribution in [3.8, 4) is 0 Å². The number of alkyl halides is 1. The number of halogens is 1. The maximum absolute atomic E-state index is 5.99. The van der Waals surface area contributed by atoms with E-state index < -0.39 is 0 Å². The van der Waals surface area contributed by atoms with Gasteiger partial charge in [0.2, 0.25) is 0 Å². The van der Waals surface area contributed by atoms with Crippen LogP contribution < -0.4 is 5.32 Å². The molecule has 88 valence electrons. The van der Waals surface area contributed by atoms with E-state index in [2.05, 4.69) is 15.3 Å². The molecule has 1 aromatic carbocycles. The van der Waals surface area contributed by atoms with Gasteiger partial charge in [0.05, 0.1) is 6.04 Å². The summed E-state index contributed by atoms with van der Waals surface area (Å²) < 4.78 is 0. The van der Waals surface area contributed by atoms with Crippen molar-refractivity contribution < 1.29 is 0 Å². The Morgan fingerprint density at radius 1 is 1.24 bits per heavy atom. The monoisotopic (exact) mass is 247 g/mol. The largest absolute Gasteiger partial charge is 0.362 e. The molecular weight excluding hydrogens is 234 g/mol. The second kappa shape index (κ2) is 5.64. The van der Waals surface area contributed by atoms with Crippen LogP contribution in [0.2, 0.25) is 0 Å². The van der Waals surface area contributed by atoms with E-state index >= 15 is 0 Å². The molecule has 2 rings (SSSR count). The normalized spacial score (nSPS) is 12.1. The Kier molecular flexibility index (Phi) is 3.94. The fourth-order valence-corrected chi connectivity index (χ4v) is 1.86. The van der Waals surface area contributed by atoms with E-state index in [-0.39, 0.29) is 6.04 Å². The molecule has 2 aromatic rings. The van der Waals surface area contributed by atoms with Crippen molar-refractivity contribution in [3.63, 3.8) is 0 Å². The zero-order chi connectivity index (χ0) is 12.1. The van der Waals surface area contributed by atoms with E-state index in [0.29, 0.717) is 5.88 Å². The van der Waals surface area contributed by atoms with Crippen LogP contribution in [0.1, 0.15) is 17.3 Å². The Hall–Kier alpha value is -1.61. The molecule has 1 heterocycles. The molecule has 0 spiro atoms. The van der Waals surface area contributed by atoms with E-state index in [1.165, 1.54) is 0 Å². The predicted molar refractivity (Wildman–Crippen MR) is 70.3 cm³/mol. The predicted octanol–water partition coefficient (Wildman–Crippen LogP) is 3.18. The van der Waals surface area contributed by atoms with Gasteiger partial charge in [-0.25, -0.2) is 9.97 Å². The van der Waals surface area contributed by atoms with Crippen LogP contribution in [0.3, 0.4) is 0 Å². The van der Waals surface area contributed by atoms with Crippen molar-refractivity contribution in [1.29, 1.82) is 0 Å². The van der Waals surface area contributed by atoms with Gasteiger partial charge in [-0.05, 0) is 12.5 Å². The van der Waals surface area contributed by atoms with Gasteiger partial charge in [0.1, 0.15) is 12.1 Å². The number of hydrogen-bond acceptors (Lipinski definition) is 3. The lowest BCUT2D eigenvalue weighted by Crippen LogP contribution is -2.13. The van der Waals surface area contributed by atoms with Gasteiger partial charge in [0.25, 0.3) is 0 Å². The van der Waals surface area contributed by atoms with E-state index in [1.54, 1.807) is 6.33 Å². The number of benzene rings is 1. The highest BCUT2D eigenvalue weighted by atomic mass is 35.5. The van der Waals surface area contributed by atoms with Gasteiger partial charge in [0.15, 0.2) is 0 Å². The first-order valence-electron chi connectivity index (χ1n) is 5.45. The van der Waals surface area contributed by atoms with Crippen LogP contribution >= 0.6 is 11.6 Å². The molecule has 0 aliphatic carbocycles. The first-order chi connectivity index (χ1) is 8.29. The molecule has 1 N–H and O–H groups in total. The van der Waals surface area contributed by atoms with E-state index in [9.17, 15) is 0 Å². The van der Waals surface area contributed by atoms with E-state index in [4.69, 9.17) is 11.6 Å². The molecule has 0 bridgehead atoms. The molecule has 4 heteroatoms. The van der Waals surface area contributed by atoms with Crippen LogP contribution in [0.15, 0.2) is 42.7 Å². The number of aryl methyl sites for hydroxylation is 1. The average Bonchev–Trinajstić information content (AvgIpc) is 2.37.